The van der Waals surface area contributed by atoms with Crippen molar-refractivity contribution >= 4 is 33.6 Å². The maximum atomic E-state index is 12.0. The zero-order chi connectivity index (χ0) is 18.4. The summed E-state index contributed by atoms with van der Waals surface area (Å²) in [6.45, 7) is 2.42. The maximum Gasteiger partial charge on any atom is 0.251 e. The summed E-state index contributed by atoms with van der Waals surface area (Å²) in [6.07, 6.45) is 4.16. The van der Waals surface area contributed by atoms with Gasteiger partial charge in [0.15, 0.2) is 0 Å². The first-order valence-corrected chi connectivity index (χ1v) is 9.41. The Labute approximate surface area is 161 Å². The van der Waals surface area contributed by atoms with Gasteiger partial charge in [0, 0.05) is 35.9 Å². The lowest BCUT2D eigenvalue weighted by Gasteiger charge is -2.17. The Balaban J connectivity index is 1.46. The predicted octanol–water partition coefficient (Wildman–Crippen LogP) is 2.49. The molecule has 3 rings (SSSR count). The molecule has 6 nitrogen and oxygen atoms in total. The Kier molecular flexibility index (Phi) is 6.22. The van der Waals surface area contributed by atoms with Crippen molar-refractivity contribution in [2.45, 2.75) is 19.4 Å². The van der Waals surface area contributed by atoms with Crippen LogP contribution in [0.1, 0.15) is 28.8 Å². The summed E-state index contributed by atoms with van der Waals surface area (Å²) in [5.74, 6) is 0.459. The number of hydrogen-bond acceptors (Lipinski definition) is 4. The number of carbonyl (C=O) groups is 2. The van der Waals surface area contributed by atoms with E-state index in [-0.39, 0.29) is 18.4 Å². The second-order valence-corrected chi connectivity index (χ2v) is 7.10. The van der Waals surface area contributed by atoms with Gasteiger partial charge in [0.25, 0.3) is 5.91 Å². The number of amides is 2. The van der Waals surface area contributed by atoms with E-state index in [1.54, 1.807) is 30.5 Å². The van der Waals surface area contributed by atoms with Gasteiger partial charge in [-0.05, 0) is 54.8 Å². The quantitative estimate of drug-likeness (QED) is 0.758. The zero-order valence-electron chi connectivity index (χ0n) is 14.4. The topological polar surface area (TPSA) is 74.3 Å². The van der Waals surface area contributed by atoms with Crippen LogP contribution in [0.3, 0.4) is 0 Å². The number of aromatic nitrogens is 1. The van der Waals surface area contributed by atoms with Gasteiger partial charge >= 0.3 is 0 Å². The Morgan fingerprint density at radius 1 is 1.08 bits per heavy atom. The van der Waals surface area contributed by atoms with Gasteiger partial charge in [-0.15, -0.1) is 0 Å². The number of halogens is 1. The Morgan fingerprint density at radius 3 is 2.54 bits per heavy atom. The number of nitrogens with one attached hydrogen (secondary N) is 2. The minimum absolute atomic E-state index is 0.0566. The van der Waals surface area contributed by atoms with E-state index >= 15 is 0 Å². The molecule has 0 saturated carbocycles. The second-order valence-electron chi connectivity index (χ2n) is 6.18. The van der Waals surface area contributed by atoms with Crippen LogP contribution in [0.4, 0.5) is 5.82 Å². The molecule has 7 heteroatoms. The van der Waals surface area contributed by atoms with Gasteiger partial charge in [0.05, 0.1) is 6.54 Å². The molecule has 1 aliphatic heterocycles. The highest BCUT2D eigenvalue weighted by molar-refractivity contribution is 9.10. The summed E-state index contributed by atoms with van der Waals surface area (Å²) in [4.78, 5) is 30.6. The minimum atomic E-state index is -0.270. The van der Waals surface area contributed by atoms with Crippen molar-refractivity contribution in [3.63, 3.8) is 0 Å². The summed E-state index contributed by atoms with van der Waals surface area (Å²) < 4.78 is 0.900. The SMILES string of the molecule is O=C(CNC(=O)c1ccc(Br)cc1)NCc1ccnc(N2CCCC2)c1. The lowest BCUT2D eigenvalue weighted by molar-refractivity contribution is -0.120. The maximum absolute atomic E-state index is 12.0. The smallest absolute Gasteiger partial charge is 0.251 e. The van der Waals surface area contributed by atoms with Crippen LogP contribution in [0.5, 0.6) is 0 Å². The van der Waals surface area contributed by atoms with Crippen LogP contribution in [0, 0.1) is 0 Å². The summed E-state index contributed by atoms with van der Waals surface area (Å²) in [5.41, 5.74) is 1.51. The van der Waals surface area contributed by atoms with Crippen molar-refractivity contribution in [3.05, 3.63) is 58.2 Å². The van der Waals surface area contributed by atoms with E-state index in [4.69, 9.17) is 0 Å². The van der Waals surface area contributed by atoms with Crippen LogP contribution < -0.4 is 15.5 Å². The van der Waals surface area contributed by atoms with E-state index in [0.29, 0.717) is 12.1 Å². The highest BCUT2D eigenvalue weighted by Gasteiger charge is 2.14. The average Bonchev–Trinajstić information content (AvgIpc) is 3.20. The molecule has 136 valence electrons. The second kappa shape index (κ2) is 8.80. The van der Waals surface area contributed by atoms with Crippen molar-refractivity contribution in [3.8, 4) is 0 Å². The molecule has 1 aliphatic rings. The molecule has 1 saturated heterocycles. The number of pyridine rings is 1. The van der Waals surface area contributed by atoms with Gasteiger partial charge in [-0.3, -0.25) is 9.59 Å². The van der Waals surface area contributed by atoms with Crippen LogP contribution >= 0.6 is 15.9 Å². The fourth-order valence-corrected chi connectivity index (χ4v) is 3.08. The highest BCUT2D eigenvalue weighted by Crippen LogP contribution is 2.18. The van der Waals surface area contributed by atoms with Crippen LogP contribution in [-0.2, 0) is 11.3 Å². The van der Waals surface area contributed by atoms with Crippen molar-refractivity contribution in [1.29, 1.82) is 0 Å². The molecule has 26 heavy (non-hydrogen) atoms. The van der Waals surface area contributed by atoms with E-state index in [2.05, 4.69) is 36.4 Å². The molecule has 2 amide bonds. The number of nitrogens with zero attached hydrogens (tertiary/aromatic N) is 2. The summed E-state index contributed by atoms with van der Waals surface area (Å²) in [6, 6.07) is 10.9. The van der Waals surface area contributed by atoms with Crippen LogP contribution in [-0.4, -0.2) is 36.4 Å². The molecule has 0 spiro atoms. The first kappa shape index (κ1) is 18.4. The number of rotatable bonds is 6. The largest absolute Gasteiger partial charge is 0.357 e. The molecule has 2 heterocycles. The molecular weight excluding hydrogens is 396 g/mol. The fourth-order valence-electron chi connectivity index (χ4n) is 2.82. The Bertz CT molecular complexity index is 773. The van der Waals surface area contributed by atoms with E-state index < -0.39 is 0 Å². The molecule has 1 aromatic carbocycles. The van der Waals surface area contributed by atoms with Gasteiger partial charge in [-0.2, -0.15) is 0 Å². The minimum Gasteiger partial charge on any atom is -0.357 e. The predicted molar refractivity (Wildman–Crippen MR) is 104 cm³/mol. The molecule has 0 bridgehead atoms. The lowest BCUT2D eigenvalue weighted by Crippen LogP contribution is -2.36. The third-order valence-corrected chi connectivity index (χ3v) is 4.77. The van der Waals surface area contributed by atoms with Gasteiger partial charge < -0.3 is 15.5 Å². The normalized spacial score (nSPS) is 13.5. The summed E-state index contributed by atoms with van der Waals surface area (Å²) in [5, 5.41) is 5.45. The molecular formula is C19H21BrN4O2. The van der Waals surface area contributed by atoms with Crippen LogP contribution in [0.15, 0.2) is 47.1 Å². The van der Waals surface area contributed by atoms with Gasteiger partial charge in [-0.1, -0.05) is 15.9 Å². The molecule has 2 aromatic rings. The van der Waals surface area contributed by atoms with E-state index in [1.807, 2.05) is 12.1 Å². The summed E-state index contributed by atoms with van der Waals surface area (Å²) in [7, 11) is 0. The molecule has 0 atom stereocenters. The first-order valence-electron chi connectivity index (χ1n) is 8.62. The molecule has 0 radical (unpaired) electrons. The fraction of sp³-hybridized carbons (Fsp3) is 0.316. The van der Waals surface area contributed by atoms with Crippen molar-refractivity contribution in [2.75, 3.05) is 24.5 Å². The molecule has 2 N–H and O–H groups in total. The summed E-state index contributed by atoms with van der Waals surface area (Å²) >= 11 is 3.32. The molecule has 0 unspecified atom stereocenters. The van der Waals surface area contributed by atoms with E-state index in [0.717, 1.165) is 28.9 Å². The third-order valence-electron chi connectivity index (χ3n) is 4.25. The third kappa shape index (κ3) is 5.05. The molecule has 1 fully saturated rings. The monoisotopic (exact) mass is 416 g/mol. The Morgan fingerprint density at radius 2 is 1.81 bits per heavy atom. The number of hydrogen-bond donors (Lipinski definition) is 2. The van der Waals surface area contributed by atoms with Crippen LogP contribution in [0.25, 0.3) is 0 Å². The van der Waals surface area contributed by atoms with Crippen molar-refractivity contribution in [2.24, 2.45) is 0 Å². The number of benzene rings is 1. The highest BCUT2D eigenvalue weighted by atomic mass is 79.9. The number of anilines is 1. The number of carbonyl (C=O) groups excluding carboxylic acids is 2. The van der Waals surface area contributed by atoms with Crippen molar-refractivity contribution in [1.82, 2.24) is 15.6 Å². The van der Waals surface area contributed by atoms with Crippen molar-refractivity contribution < 1.29 is 9.59 Å². The molecule has 1 aromatic heterocycles. The molecule has 0 aliphatic carbocycles. The zero-order valence-corrected chi connectivity index (χ0v) is 16.0. The van der Waals surface area contributed by atoms with Crippen LogP contribution in [0.2, 0.25) is 0 Å². The average molecular weight is 417 g/mol. The van der Waals surface area contributed by atoms with E-state index in [1.165, 1.54) is 12.8 Å². The van der Waals surface area contributed by atoms with Gasteiger partial charge in [-0.25, -0.2) is 4.98 Å². The first-order chi connectivity index (χ1) is 12.6. The van der Waals surface area contributed by atoms with Gasteiger partial charge in [0.1, 0.15) is 5.82 Å². The van der Waals surface area contributed by atoms with Gasteiger partial charge in [0.2, 0.25) is 5.91 Å². The Hall–Kier alpha value is -2.41. The lowest BCUT2D eigenvalue weighted by atomic mass is 10.2. The standard InChI is InChI=1S/C19H21BrN4O2/c20-16-5-3-15(4-6-16)19(26)23-13-18(25)22-12-14-7-8-21-17(11-14)24-9-1-2-10-24/h3-8,11H,1-2,9-10,12-13H2,(H,22,25)(H,23,26). The van der Waals surface area contributed by atoms with E-state index in [9.17, 15) is 9.59 Å².